The Morgan fingerprint density at radius 3 is 2.68 bits per heavy atom. The van der Waals surface area contributed by atoms with Crippen molar-refractivity contribution in [1.29, 1.82) is 0 Å². The number of hydrogen-bond donors (Lipinski definition) is 2. The van der Waals surface area contributed by atoms with Crippen molar-refractivity contribution in [1.82, 2.24) is 0 Å². The highest BCUT2D eigenvalue weighted by Crippen LogP contribution is 2.24. The lowest BCUT2D eigenvalue weighted by atomic mass is 10.2. The fraction of sp³-hybridized carbons (Fsp3) is 0.143. The normalized spacial score (nSPS) is 10.3. The number of anilines is 1. The van der Waals surface area contributed by atoms with Crippen LogP contribution in [0, 0.1) is 11.6 Å². The van der Waals surface area contributed by atoms with Crippen LogP contribution < -0.4 is 10.1 Å². The number of nitrogens with one attached hydrogen (secondary N) is 1. The summed E-state index contributed by atoms with van der Waals surface area (Å²) >= 11 is 0. The maximum absolute atomic E-state index is 13.4. The standard InChI is InChI=1S/C14H13F2NO2/c1-19-11-3-5-14(18)9(6-11)8-17-13-7-10(15)2-4-12(13)16/h2-7,17-18H,8H2,1H3. The first-order chi connectivity index (χ1) is 9.10. The lowest BCUT2D eigenvalue weighted by molar-refractivity contribution is 0.411. The van der Waals surface area contributed by atoms with E-state index in [1.54, 1.807) is 12.1 Å². The van der Waals surface area contributed by atoms with Crippen LogP contribution in [0.2, 0.25) is 0 Å². The van der Waals surface area contributed by atoms with Crippen molar-refractivity contribution in [2.24, 2.45) is 0 Å². The van der Waals surface area contributed by atoms with Crippen molar-refractivity contribution in [3.63, 3.8) is 0 Å². The van der Waals surface area contributed by atoms with E-state index < -0.39 is 11.6 Å². The molecule has 0 radical (unpaired) electrons. The van der Waals surface area contributed by atoms with Crippen LogP contribution >= 0.6 is 0 Å². The minimum atomic E-state index is -0.552. The number of ether oxygens (including phenoxy) is 1. The SMILES string of the molecule is COc1ccc(O)c(CNc2cc(F)ccc2F)c1. The maximum atomic E-state index is 13.4. The Labute approximate surface area is 109 Å². The van der Waals surface area contributed by atoms with Gasteiger partial charge in [0.05, 0.1) is 12.8 Å². The smallest absolute Gasteiger partial charge is 0.146 e. The topological polar surface area (TPSA) is 41.5 Å². The lowest BCUT2D eigenvalue weighted by Crippen LogP contribution is -2.02. The molecule has 0 aromatic heterocycles. The largest absolute Gasteiger partial charge is 0.508 e. The highest BCUT2D eigenvalue weighted by molar-refractivity contribution is 5.47. The van der Waals surface area contributed by atoms with Crippen molar-refractivity contribution in [3.8, 4) is 11.5 Å². The lowest BCUT2D eigenvalue weighted by Gasteiger charge is -2.10. The highest BCUT2D eigenvalue weighted by atomic mass is 19.1. The van der Waals surface area contributed by atoms with E-state index in [4.69, 9.17) is 4.74 Å². The molecule has 0 fully saturated rings. The molecule has 0 saturated heterocycles. The molecule has 0 unspecified atom stereocenters. The van der Waals surface area contributed by atoms with E-state index in [9.17, 15) is 13.9 Å². The molecule has 0 heterocycles. The summed E-state index contributed by atoms with van der Waals surface area (Å²) in [6, 6.07) is 7.87. The summed E-state index contributed by atoms with van der Waals surface area (Å²) in [6.07, 6.45) is 0. The number of rotatable bonds is 4. The van der Waals surface area contributed by atoms with Crippen molar-refractivity contribution >= 4 is 5.69 Å². The molecule has 0 aliphatic rings. The summed E-state index contributed by atoms with van der Waals surface area (Å²) in [5.74, 6) is -0.443. The Hall–Kier alpha value is -2.30. The first-order valence-corrected chi connectivity index (χ1v) is 5.65. The molecule has 2 aromatic carbocycles. The van der Waals surface area contributed by atoms with E-state index in [1.165, 1.54) is 13.2 Å². The van der Waals surface area contributed by atoms with Crippen molar-refractivity contribution in [2.45, 2.75) is 6.54 Å². The number of hydrogen-bond acceptors (Lipinski definition) is 3. The second-order valence-electron chi connectivity index (χ2n) is 3.97. The maximum Gasteiger partial charge on any atom is 0.146 e. The molecule has 19 heavy (non-hydrogen) atoms. The van der Waals surface area contributed by atoms with Crippen LogP contribution in [0.1, 0.15) is 5.56 Å². The predicted molar refractivity (Wildman–Crippen MR) is 68.3 cm³/mol. The molecular formula is C14H13F2NO2. The van der Waals surface area contributed by atoms with E-state index in [-0.39, 0.29) is 18.0 Å². The molecule has 0 amide bonds. The molecule has 2 N–H and O–H groups in total. The van der Waals surface area contributed by atoms with Crippen LogP contribution in [0.3, 0.4) is 0 Å². The zero-order valence-electron chi connectivity index (χ0n) is 10.3. The summed E-state index contributed by atoms with van der Waals surface area (Å²) in [5, 5.41) is 12.4. The van der Waals surface area contributed by atoms with Crippen LogP contribution in [0.5, 0.6) is 11.5 Å². The Morgan fingerprint density at radius 1 is 1.16 bits per heavy atom. The average molecular weight is 265 g/mol. The first-order valence-electron chi connectivity index (χ1n) is 5.65. The minimum Gasteiger partial charge on any atom is -0.508 e. The molecule has 0 saturated carbocycles. The van der Waals surface area contributed by atoms with E-state index in [0.29, 0.717) is 11.3 Å². The van der Waals surface area contributed by atoms with Gasteiger partial charge in [-0.15, -0.1) is 0 Å². The van der Waals surface area contributed by atoms with Gasteiger partial charge in [-0.3, -0.25) is 0 Å². The van der Waals surface area contributed by atoms with Gasteiger partial charge in [0.1, 0.15) is 23.1 Å². The van der Waals surface area contributed by atoms with Crippen molar-refractivity contribution in [2.75, 3.05) is 12.4 Å². The van der Waals surface area contributed by atoms with Crippen LogP contribution in [-0.2, 0) is 6.54 Å². The third-order valence-electron chi connectivity index (χ3n) is 2.68. The Balaban J connectivity index is 2.16. The third kappa shape index (κ3) is 3.13. The minimum absolute atomic E-state index is 0.0437. The summed E-state index contributed by atoms with van der Waals surface area (Å²) < 4.78 is 31.4. The van der Waals surface area contributed by atoms with Gasteiger partial charge in [-0.25, -0.2) is 8.78 Å². The quantitative estimate of drug-likeness (QED) is 0.891. The zero-order valence-corrected chi connectivity index (χ0v) is 10.3. The van der Waals surface area contributed by atoms with E-state index in [1.807, 2.05) is 0 Å². The predicted octanol–water partition coefficient (Wildman–Crippen LogP) is 3.29. The summed E-state index contributed by atoms with van der Waals surface area (Å²) in [6.45, 7) is 0.156. The molecule has 0 aliphatic heterocycles. The van der Waals surface area contributed by atoms with E-state index in [0.717, 1.165) is 18.2 Å². The van der Waals surface area contributed by atoms with Gasteiger partial charge in [-0.2, -0.15) is 0 Å². The summed E-state index contributed by atoms with van der Waals surface area (Å²) in [7, 11) is 1.51. The monoisotopic (exact) mass is 265 g/mol. The van der Waals surface area contributed by atoms with E-state index >= 15 is 0 Å². The number of phenols is 1. The fourth-order valence-electron chi connectivity index (χ4n) is 1.65. The molecule has 2 rings (SSSR count). The Bertz CT molecular complexity index is 588. The zero-order chi connectivity index (χ0) is 13.8. The summed E-state index contributed by atoms with van der Waals surface area (Å²) in [4.78, 5) is 0. The molecule has 0 atom stereocenters. The summed E-state index contributed by atoms with van der Waals surface area (Å²) in [5.41, 5.74) is 0.574. The van der Waals surface area contributed by atoms with Crippen LogP contribution in [0.15, 0.2) is 36.4 Å². The Kier molecular flexibility index (Phi) is 3.85. The molecular weight excluding hydrogens is 252 g/mol. The molecule has 5 heteroatoms. The van der Waals surface area contributed by atoms with Gasteiger partial charge in [0.2, 0.25) is 0 Å². The third-order valence-corrected chi connectivity index (χ3v) is 2.68. The van der Waals surface area contributed by atoms with Crippen LogP contribution in [-0.4, -0.2) is 12.2 Å². The van der Waals surface area contributed by atoms with Gasteiger partial charge in [0.15, 0.2) is 0 Å². The number of methoxy groups -OCH3 is 1. The van der Waals surface area contributed by atoms with Gasteiger partial charge in [-0.1, -0.05) is 0 Å². The number of phenolic OH excluding ortho intramolecular Hbond substituents is 1. The molecule has 0 bridgehead atoms. The molecule has 3 nitrogen and oxygen atoms in total. The van der Waals surface area contributed by atoms with E-state index in [2.05, 4.69) is 5.32 Å². The fourth-order valence-corrected chi connectivity index (χ4v) is 1.65. The van der Waals surface area contributed by atoms with Gasteiger partial charge >= 0.3 is 0 Å². The molecule has 0 aliphatic carbocycles. The average Bonchev–Trinajstić information content (AvgIpc) is 2.41. The second-order valence-corrected chi connectivity index (χ2v) is 3.97. The number of benzene rings is 2. The second kappa shape index (κ2) is 5.56. The van der Waals surface area contributed by atoms with Gasteiger partial charge < -0.3 is 15.2 Å². The van der Waals surface area contributed by atoms with Crippen molar-refractivity contribution < 1.29 is 18.6 Å². The molecule has 0 spiro atoms. The van der Waals surface area contributed by atoms with Gasteiger partial charge in [-0.05, 0) is 36.4 Å². The first kappa shape index (κ1) is 13.1. The molecule has 100 valence electrons. The molecule has 2 aromatic rings. The number of aromatic hydroxyl groups is 1. The highest BCUT2D eigenvalue weighted by Gasteiger charge is 2.06. The van der Waals surface area contributed by atoms with Crippen molar-refractivity contribution in [3.05, 3.63) is 53.6 Å². The van der Waals surface area contributed by atoms with Gasteiger partial charge in [0.25, 0.3) is 0 Å². The number of halogens is 2. The van der Waals surface area contributed by atoms with Gasteiger partial charge in [0, 0.05) is 12.1 Å². The Morgan fingerprint density at radius 2 is 1.95 bits per heavy atom. The van der Waals surface area contributed by atoms with Crippen LogP contribution in [0.4, 0.5) is 14.5 Å². The van der Waals surface area contributed by atoms with Crippen LogP contribution in [0.25, 0.3) is 0 Å².